The minimum atomic E-state index is 0. The van der Waals surface area contributed by atoms with Gasteiger partial charge >= 0.3 is 0 Å². The molecule has 1 atom stereocenters. The molecule has 24 heavy (non-hydrogen) atoms. The van der Waals surface area contributed by atoms with Crippen LogP contribution in [0.1, 0.15) is 17.4 Å². The zero-order chi connectivity index (χ0) is 16.1. The summed E-state index contributed by atoms with van der Waals surface area (Å²) in [6, 6.07) is 8.01. The molecule has 1 aliphatic heterocycles. The van der Waals surface area contributed by atoms with Gasteiger partial charge in [0.1, 0.15) is 0 Å². The number of benzene rings is 1. The van der Waals surface area contributed by atoms with Crippen molar-refractivity contribution in [3.63, 3.8) is 0 Å². The number of methoxy groups -OCH3 is 1. The van der Waals surface area contributed by atoms with E-state index >= 15 is 0 Å². The van der Waals surface area contributed by atoms with Crippen LogP contribution in [0.3, 0.4) is 0 Å². The fraction of sp³-hybridized carbons (Fsp3) is 0.533. The Balaban J connectivity index is 0.00000208. The van der Waals surface area contributed by atoms with Crippen LogP contribution in [-0.2, 0) is 11.3 Å². The summed E-state index contributed by atoms with van der Waals surface area (Å²) < 4.78 is 7.00. The van der Waals surface area contributed by atoms with Gasteiger partial charge in [-0.25, -0.2) is 4.68 Å². The first-order chi connectivity index (χ1) is 11.3. The Morgan fingerprint density at radius 1 is 1.25 bits per heavy atom. The second-order valence-corrected chi connectivity index (χ2v) is 7.02. The molecule has 1 aromatic heterocycles. The number of hydrogen-bond donors (Lipinski definition) is 0. The van der Waals surface area contributed by atoms with E-state index in [-0.39, 0.29) is 18.4 Å². The second-order valence-electron chi connectivity index (χ2n) is 5.36. The van der Waals surface area contributed by atoms with Gasteiger partial charge in [0.2, 0.25) is 0 Å². The molecule has 0 spiro atoms. The molecule has 1 aliphatic rings. The largest absolute Gasteiger partial charge is 1.00 e. The van der Waals surface area contributed by atoms with Gasteiger partial charge in [-0.3, -0.25) is 4.90 Å². The Kier molecular flexibility index (Phi) is 7.77. The van der Waals surface area contributed by atoms with Gasteiger partial charge < -0.3 is 17.1 Å². The van der Waals surface area contributed by atoms with Crippen molar-refractivity contribution in [1.29, 1.82) is 0 Å². The molecule has 0 radical (unpaired) electrons. The van der Waals surface area contributed by atoms with E-state index in [1.165, 1.54) is 0 Å². The van der Waals surface area contributed by atoms with Crippen molar-refractivity contribution in [3.05, 3.63) is 40.7 Å². The second kappa shape index (κ2) is 9.58. The highest BCUT2D eigenvalue weighted by Crippen LogP contribution is 2.30. The first-order valence-electron chi connectivity index (χ1n) is 7.62. The van der Waals surface area contributed by atoms with Crippen LogP contribution in [0, 0.1) is 0 Å². The lowest BCUT2D eigenvalue weighted by Crippen LogP contribution is -3.00. The standard InChI is InChI=1S/C15H20ClN5OS.ClH/c1-22-9-6-21-15(17-18-19-21)14(20-7-10-23-11-8-20)12-2-4-13(16)5-3-12;/h2-5,14H,6-11H2,1H3;1H/p-1. The Hall–Kier alpha value is -0.860. The molecule has 1 unspecified atom stereocenters. The van der Waals surface area contributed by atoms with Crippen LogP contribution in [0.25, 0.3) is 0 Å². The normalized spacial score (nSPS) is 16.6. The van der Waals surface area contributed by atoms with Gasteiger partial charge in [0.25, 0.3) is 0 Å². The molecule has 132 valence electrons. The number of halogens is 2. The van der Waals surface area contributed by atoms with Gasteiger partial charge in [-0.05, 0) is 28.1 Å². The number of tetrazole rings is 1. The number of rotatable bonds is 6. The third-order valence-corrected chi connectivity index (χ3v) is 5.10. The maximum Gasteiger partial charge on any atom is 0.173 e. The molecule has 0 aliphatic carbocycles. The highest BCUT2D eigenvalue weighted by molar-refractivity contribution is 7.99. The Bertz CT molecular complexity index is 619. The van der Waals surface area contributed by atoms with Gasteiger partial charge in [-0.15, -0.1) is 5.10 Å². The molecule has 9 heteroatoms. The van der Waals surface area contributed by atoms with Crippen molar-refractivity contribution in [2.24, 2.45) is 0 Å². The molecule has 0 amide bonds. The van der Waals surface area contributed by atoms with Gasteiger partial charge in [-0.1, -0.05) is 23.7 Å². The molecule has 2 heterocycles. The van der Waals surface area contributed by atoms with E-state index in [4.69, 9.17) is 16.3 Å². The summed E-state index contributed by atoms with van der Waals surface area (Å²) in [4.78, 5) is 2.44. The lowest BCUT2D eigenvalue weighted by molar-refractivity contribution is -0.00000511. The molecule has 0 saturated carbocycles. The first-order valence-corrected chi connectivity index (χ1v) is 9.15. The maximum absolute atomic E-state index is 6.05. The summed E-state index contributed by atoms with van der Waals surface area (Å²) in [5.41, 5.74) is 1.16. The minimum Gasteiger partial charge on any atom is -1.00 e. The van der Waals surface area contributed by atoms with Crippen LogP contribution in [-0.4, -0.2) is 63.4 Å². The highest BCUT2D eigenvalue weighted by Gasteiger charge is 2.28. The fourth-order valence-corrected chi connectivity index (χ4v) is 3.81. The summed E-state index contributed by atoms with van der Waals surface area (Å²) >= 11 is 8.04. The number of hydrogen-bond acceptors (Lipinski definition) is 6. The first kappa shape index (κ1) is 19.5. The van der Waals surface area contributed by atoms with Crippen LogP contribution in [0.4, 0.5) is 0 Å². The van der Waals surface area contributed by atoms with E-state index in [0.29, 0.717) is 13.2 Å². The monoisotopic (exact) mass is 388 g/mol. The van der Waals surface area contributed by atoms with E-state index in [2.05, 4.69) is 32.6 Å². The number of ether oxygens (including phenoxy) is 1. The summed E-state index contributed by atoms with van der Waals surface area (Å²) in [5.74, 6) is 3.12. The summed E-state index contributed by atoms with van der Waals surface area (Å²) in [6.07, 6.45) is 0. The predicted octanol–water partition coefficient (Wildman–Crippen LogP) is -0.885. The van der Waals surface area contributed by atoms with Crippen LogP contribution < -0.4 is 12.4 Å². The highest BCUT2D eigenvalue weighted by atomic mass is 35.5. The van der Waals surface area contributed by atoms with Crippen molar-refractivity contribution in [2.45, 2.75) is 12.6 Å². The SMILES string of the molecule is COCCn1nnnc1C(c1ccc(Cl)cc1)N1CCSCC1.[Cl-]. The van der Waals surface area contributed by atoms with Gasteiger partial charge in [0.15, 0.2) is 5.82 Å². The summed E-state index contributed by atoms with van der Waals surface area (Å²) in [6.45, 7) is 3.27. The summed E-state index contributed by atoms with van der Waals surface area (Å²) in [7, 11) is 1.68. The zero-order valence-electron chi connectivity index (χ0n) is 13.4. The van der Waals surface area contributed by atoms with Crippen molar-refractivity contribution in [2.75, 3.05) is 38.3 Å². The zero-order valence-corrected chi connectivity index (χ0v) is 15.8. The Morgan fingerprint density at radius 2 is 1.96 bits per heavy atom. The molecule has 1 saturated heterocycles. The minimum absolute atomic E-state index is 0. The van der Waals surface area contributed by atoms with E-state index in [1.54, 1.807) is 7.11 Å². The molecular weight excluding hydrogens is 369 g/mol. The number of nitrogens with zero attached hydrogens (tertiary/aromatic N) is 5. The van der Waals surface area contributed by atoms with Crippen LogP contribution >= 0.6 is 23.4 Å². The Labute approximate surface area is 157 Å². The van der Waals surface area contributed by atoms with Crippen molar-refractivity contribution in [3.8, 4) is 0 Å². The quantitative estimate of drug-likeness (QED) is 0.640. The molecule has 1 fully saturated rings. The van der Waals surface area contributed by atoms with E-state index in [9.17, 15) is 0 Å². The van der Waals surface area contributed by atoms with Crippen LogP contribution in [0.5, 0.6) is 0 Å². The third kappa shape index (κ3) is 4.61. The van der Waals surface area contributed by atoms with Crippen molar-refractivity contribution >= 4 is 23.4 Å². The topological polar surface area (TPSA) is 56.1 Å². The molecule has 3 rings (SSSR count). The van der Waals surface area contributed by atoms with E-state index in [0.717, 1.165) is 41.0 Å². The maximum atomic E-state index is 6.05. The molecule has 6 nitrogen and oxygen atoms in total. The summed E-state index contributed by atoms with van der Waals surface area (Å²) in [5, 5.41) is 13.1. The van der Waals surface area contributed by atoms with Gasteiger partial charge in [-0.2, -0.15) is 11.8 Å². The number of aromatic nitrogens is 4. The molecule has 0 N–H and O–H groups in total. The van der Waals surface area contributed by atoms with Gasteiger partial charge in [0.05, 0.1) is 19.2 Å². The van der Waals surface area contributed by atoms with Crippen LogP contribution in [0.2, 0.25) is 5.02 Å². The average molecular weight is 389 g/mol. The van der Waals surface area contributed by atoms with E-state index < -0.39 is 0 Å². The third-order valence-electron chi connectivity index (χ3n) is 3.91. The smallest absolute Gasteiger partial charge is 0.173 e. The van der Waals surface area contributed by atoms with Crippen LogP contribution in [0.15, 0.2) is 24.3 Å². The lowest BCUT2D eigenvalue weighted by atomic mass is 10.0. The van der Waals surface area contributed by atoms with Crippen molar-refractivity contribution in [1.82, 2.24) is 25.1 Å². The van der Waals surface area contributed by atoms with Gasteiger partial charge in [0, 0.05) is 36.7 Å². The lowest BCUT2D eigenvalue weighted by Gasteiger charge is -2.33. The molecule has 0 bridgehead atoms. The fourth-order valence-electron chi connectivity index (χ4n) is 2.75. The predicted molar refractivity (Wildman–Crippen MR) is 91.9 cm³/mol. The van der Waals surface area contributed by atoms with E-state index in [1.807, 2.05) is 28.6 Å². The molecule has 1 aromatic carbocycles. The number of thioether (sulfide) groups is 1. The molecular formula is C15H20Cl2N5OS-. The Morgan fingerprint density at radius 3 is 2.62 bits per heavy atom. The van der Waals surface area contributed by atoms with Crippen molar-refractivity contribution < 1.29 is 17.1 Å². The molecule has 2 aromatic rings. The average Bonchev–Trinajstić information content (AvgIpc) is 3.04.